The maximum Gasteiger partial charge on any atom is 0.270 e. The van der Waals surface area contributed by atoms with Crippen molar-refractivity contribution in [1.29, 1.82) is 0 Å². The second-order valence-corrected chi connectivity index (χ2v) is 9.91. The molecule has 0 fully saturated rings. The Morgan fingerprint density at radius 2 is 1.88 bits per heavy atom. The number of rotatable bonds is 12. The Bertz CT molecular complexity index is 1090. The summed E-state index contributed by atoms with van der Waals surface area (Å²) < 4.78 is 5.89. The molecule has 1 aromatic heterocycles. The van der Waals surface area contributed by atoms with Gasteiger partial charge in [0.1, 0.15) is 5.75 Å². The molecule has 3 rings (SSSR count). The van der Waals surface area contributed by atoms with E-state index >= 15 is 0 Å². The number of carbonyl (C=O) groups is 1. The van der Waals surface area contributed by atoms with Crippen LogP contribution in [0.4, 0.5) is 10.8 Å². The van der Waals surface area contributed by atoms with E-state index in [0.717, 1.165) is 35.8 Å². The van der Waals surface area contributed by atoms with Gasteiger partial charge in [-0.25, -0.2) is 4.98 Å². The lowest BCUT2D eigenvalue weighted by molar-refractivity contribution is -0.384. The molecule has 0 aliphatic rings. The van der Waals surface area contributed by atoms with Crippen LogP contribution in [0.15, 0.2) is 47.4 Å². The van der Waals surface area contributed by atoms with Crippen LogP contribution < -0.4 is 9.64 Å². The quantitative estimate of drug-likeness (QED) is 0.134. The largest absolute Gasteiger partial charge is 0.497 e. The minimum absolute atomic E-state index is 0. The van der Waals surface area contributed by atoms with Gasteiger partial charge >= 0.3 is 0 Å². The SMILES string of the molecule is COc1ccc(SCCCC(=O)N(CCCN(C)C)c2nc3ccc([N+](=O)[O-])cc3s2)cc1.Cl. The Hall–Kier alpha value is -2.40. The van der Waals surface area contributed by atoms with Crippen LogP contribution in [-0.2, 0) is 4.79 Å². The molecule has 0 radical (unpaired) electrons. The lowest BCUT2D eigenvalue weighted by Crippen LogP contribution is -2.33. The number of nitro benzene ring substituents is 1. The first kappa shape index (κ1) is 27.8. The fourth-order valence-corrected chi connectivity index (χ4v) is 5.12. The highest BCUT2D eigenvalue weighted by Gasteiger charge is 2.20. The number of amides is 1. The molecule has 8 nitrogen and oxygen atoms in total. The molecule has 0 atom stereocenters. The van der Waals surface area contributed by atoms with Gasteiger partial charge in [-0.15, -0.1) is 24.2 Å². The molecule has 0 aliphatic heterocycles. The molecule has 0 saturated carbocycles. The molecular formula is C23H29ClN4O4S2. The third kappa shape index (κ3) is 7.83. The summed E-state index contributed by atoms with van der Waals surface area (Å²) in [5.41, 5.74) is 0.694. The molecule has 0 unspecified atom stereocenters. The molecule has 34 heavy (non-hydrogen) atoms. The van der Waals surface area contributed by atoms with Crippen LogP contribution in [0.5, 0.6) is 5.75 Å². The van der Waals surface area contributed by atoms with Crippen LogP contribution in [0.2, 0.25) is 0 Å². The molecule has 2 aromatic carbocycles. The van der Waals surface area contributed by atoms with Gasteiger partial charge in [-0.2, -0.15) is 0 Å². The van der Waals surface area contributed by atoms with Gasteiger partial charge in [0.15, 0.2) is 5.13 Å². The van der Waals surface area contributed by atoms with E-state index in [1.165, 1.54) is 23.5 Å². The van der Waals surface area contributed by atoms with E-state index in [-0.39, 0.29) is 24.0 Å². The molecular weight excluding hydrogens is 496 g/mol. The van der Waals surface area contributed by atoms with Gasteiger partial charge in [-0.3, -0.25) is 19.8 Å². The van der Waals surface area contributed by atoms with Crippen molar-refractivity contribution in [3.63, 3.8) is 0 Å². The van der Waals surface area contributed by atoms with E-state index in [9.17, 15) is 14.9 Å². The number of ether oxygens (including phenoxy) is 1. The number of thiazole rings is 1. The number of methoxy groups -OCH3 is 1. The highest BCUT2D eigenvalue weighted by atomic mass is 35.5. The van der Waals surface area contributed by atoms with Crippen molar-refractivity contribution in [3.05, 3.63) is 52.6 Å². The third-order valence-electron chi connectivity index (χ3n) is 4.95. The number of nitrogens with zero attached hydrogens (tertiary/aromatic N) is 4. The predicted molar refractivity (Wildman–Crippen MR) is 142 cm³/mol. The molecule has 0 bridgehead atoms. The Morgan fingerprint density at radius 1 is 1.15 bits per heavy atom. The first-order valence-corrected chi connectivity index (χ1v) is 12.4. The van der Waals surface area contributed by atoms with Crippen molar-refractivity contribution in [1.82, 2.24) is 9.88 Å². The van der Waals surface area contributed by atoms with E-state index in [2.05, 4.69) is 9.88 Å². The number of aromatic nitrogens is 1. The number of non-ortho nitro benzene ring substituents is 1. The van der Waals surface area contributed by atoms with E-state index < -0.39 is 4.92 Å². The lowest BCUT2D eigenvalue weighted by Gasteiger charge is -2.21. The molecule has 3 aromatic rings. The van der Waals surface area contributed by atoms with Gasteiger partial charge in [0, 0.05) is 30.0 Å². The van der Waals surface area contributed by atoms with E-state index in [1.54, 1.807) is 29.8 Å². The summed E-state index contributed by atoms with van der Waals surface area (Å²) >= 11 is 3.03. The van der Waals surface area contributed by atoms with E-state index in [1.807, 2.05) is 38.4 Å². The topological polar surface area (TPSA) is 88.8 Å². The van der Waals surface area contributed by atoms with Crippen molar-refractivity contribution >= 4 is 62.4 Å². The fourth-order valence-electron chi connectivity index (χ4n) is 3.22. The molecule has 11 heteroatoms. The summed E-state index contributed by atoms with van der Waals surface area (Å²) in [6.45, 7) is 1.41. The fraction of sp³-hybridized carbons (Fsp3) is 0.391. The smallest absolute Gasteiger partial charge is 0.270 e. The van der Waals surface area contributed by atoms with Crippen LogP contribution in [0.3, 0.4) is 0 Å². The maximum absolute atomic E-state index is 13.1. The zero-order valence-electron chi connectivity index (χ0n) is 19.4. The summed E-state index contributed by atoms with van der Waals surface area (Å²) in [6, 6.07) is 12.5. The summed E-state index contributed by atoms with van der Waals surface area (Å²) in [5.74, 6) is 1.68. The average Bonchev–Trinajstić information content (AvgIpc) is 3.22. The minimum atomic E-state index is -0.417. The maximum atomic E-state index is 13.1. The summed E-state index contributed by atoms with van der Waals surface area (Å²) in [4.78, 5) is 33.3. The van der Waals surface area contributed by atoms with Crippen molar-refractivity contribution in [3.8, 4) is 5.75 Å². The van der Waals surface area contributed by atoms with E-state index in [0.29, 0.717) is 28.3 Å². The average molecular weight is 525 g/mol. The molecule has 0 aliphatic carbocycles. The highest BCUT2D eigenvalue weighted by Crippen LogP contribution is 2.32. The van der Waals surface area contributed by atoms with Crippen LogP contribution in [0.25, 0.3) is 10.2 Å². The van der Waals surface area contributed by atoms with Gasteiger partial charge in [0.25, 0.3) is 5.69 Å². The molecule has 184 valence electrons. The van der Waals surface area contributed by atoms with E-state index in [4.69, 9.17) is 4.74 Å². The van der Waals surface area contributed by atoms with Gasteiger partial charge in [-0.1, -0.05) is 11.3 Å². The number of hydrogen-bond acceptors (Lipinski definition) is 8. The van der Waals surface area contributed by atoms with Crippen molar-refractivity contribution in [2.24, 2.45) is 0 Å². The number of hydrogen-bond donors (Lipinski definition) is 0. The zero-order valence-corrected chi connectivity index (χ0v) is 21.9. The number of benzene rings is 2. The van der Waals surface area contributed by atoms with Gasteiger partial charge in [0.05, 0.1) is 22.2 Å². The van der Waals surface area contributed by atoms with Crippen LogP contribution >= 0.6 is 35.5 Å². The molecule has 0 saturated heterocycles. The van der Waals surface area contributed by atoms with Crippen LogP contribution in [0, 0.1) is 10.1 Å². The molecule has 1 amide bonds. The van der Waals surface area contributed by atoms with Crippen molar-refractivity contribution < 1.29 is 14.5 Å². The molecule has 1 heterocycles. The number of anilines is 1. The Labute approximate surface area is 213 Å². The highest BCUT2D eigenvalue weighted by molar-refractivity contribution is 7.99. The minimum Gasteiger partial charge on any atom is -0.497 e. The van der Waals surface area contributed by atoms with Gasteiger partial charge < -0.3 is 9.64 Å². The Kier molecular flexibility index (Phi) is 11.0. The third-order valence-corrected chi connectivity index (χ3v) is 7.09. The van der Waals surface area contributed by atoms with Crippen molar-refractivity contribution in [2.45, 2.75) is 24.2 Å². The number of nitro groups is 1. The van der Waals surface area contributed by atoms with Crippen LogP contribution in [-0.4, -0.2) is 60.8 Å². The second-order valence-electron chi connectivity index (χ2n) is 7.74. The first-order valence-electron chi connectivity index (χ1n) is 10.6. The lowest BCUT2D eigenvalue weighted by atomic mass is 10.3. The summed E-state index contributed by atoms with van der Waals surface area (Å²) in [5, 5.41) is 11.7. The summed E-state index contributed by atoms with van der Waals surface area (Å²) in [6.07, 6.45) is 1.98. The Balaban J connectivity index is 0.00000408. The van der Waals surface area contributed by atoms with Crippen LogP contribution in [0.1, 0.15) is 19.3 Å². The number of fused-ring (bicyclic) bond motifs is 1. The molecule has 0 N–H and O–H groups in total. The first-order chi connectivity index (χ1) is 15.9. The van der Waals surface area contributed by atoms with Gasteiger partial charge in [0.2, 0.25) is 5.91 Å². The standard InChI is InChI=1S/C23H28N4O4S2.ClH/c1-25(2)13-5-14-26(23-24-20-12-7-17(27(29)30)16-21(20)33-23)22(28)6-4-15-32-19-10-8-18(31-3)9-11-19;/h7-12,16H,4-6,13-15H2,1-3H3;1H. The monoisotopic (exact) mass is 524 g/mol. The van der Waals surface area contributed by atoms with Gasteiger partial charge in [-0.05, 0) is 69.6 Å². The number of halogens is 1. The summed E-state index contributed by atoms with van der Waals surface area (Å²) in [7, 11) is 5.64. The predicted octanol–water partition coefficient (Wildman–Crippen LogP) is 5.49. The number of carbonyl (C=O) groups excluding carboxylic acids is 1. The molecule has 0 spiro atoms. The normalized spacial score (nSPS) is 10.8. The zero-order chi connectivity index (χ0) is 23.8. The Morgan fingerprint density at radius 3 is 2.53 bits per heavy atom. The van der Waals surface area contributed by atoms with Crippen molar-refractivity contribution in [2.75, 3.05) is 44.9 Å². The number of thioether (sulfide) groups is 1. The second kappa shape index (κ2) is 13.5.